The van der Waals surface area contributed by atoms with Crippen LogP contribution in [0.25, 0.3) is 0 Å². The summed E-state index contributed by atoms with van der Waals surface area (Å²) in [6, 6.07) is 3.61. The van der Waals surface area contributed by atoms with Crippen molar-refractivity contribution in [3.8, 4) is 0 Å². The number of ether oxygens (including phenoxy) is 1. The zero-order valence-corrected chi connectivity index (χ0v) is 13.2. The molecule has 0 saturated carbocycles. The Kier molecular flexibility index (Phi) is 4.81. The Morgan fingerprint density at radius 2 is 2.32 bits per heavy atom. The number of likely N-dealkylation sites (tertiary alicyclic amines) is 1. The van der Waals surface area contributed by atoms with Crippen molar-refractivity contribution in [1.29, 1.82) is 0 Å². The van der Waals surface area contributed by atoms with E-state index in [0.717, 1.165) is 11.8 Å². The van der Waals surface area contributed by atoms with E-state index in [2.05, 4.69) is 4.98 Å². The molecule has 1 saturated heterocycles. The fourth-order valence-electron chi connectivity index (χ4n) is 2.57. The summed E-state index contributed by atoms with van der Waals surface area (Å²) in [6.45, 7) is 0.538. The first-order valence-electron chi connectivity index (χ1n) is 6.64. The Morgan fingerprint density at radius 3 is 2.86 bits per heavy atom. The first kappa shape index (κ1) is 16.8. The molecule has 0 radical (unpaired) electrons. The maximum absolute atomic E-state index is 12.0. The zero-order valence-electron chi connectivity index (χ0n) is 12.4. The highest BCUT2D eigenvalue weighted by atomic mass is 32.2. The minimum Gasteiger partial charge on any atom is -0.467 e. The predicted molar refractivity (Wildman–Crippen MR) is 77.9 cm³/mol. The van der Waals surface area contributed by atoms with Gasteiger partial charge in [-0.25, -0.2) is 4.79 Å². The summed E-state index contributed by atoms with van der Waals surface area (Å²) >= 11 is 0. The van der Waals surface area contributed by atoms with E-state index < -0.39 is 27.9 Å². The SMILES string of the molecule is COC(=O)[C@]1(N)C[C@@H](OS(C)(=O)=O)CN1Cc1cccnc1. The highest BCUT2D eigenvalue weighted by Crippen LogP contribution is 2.30. The van der Waals surface area contributed by atoms with E-state index in [0.29, 0.717) is 6.54 Å². The van der Waals surface area contributed by atoms with Crippen molar-refractivity contribution in [2.24, 2.45) is 5.73 Å². The third kappa shape index (κ3) is 3.80. The Bertz CT molecular complexity index is 636. The predicted octanol–water partition coefficient (Wildman–Crippen LogP) is -0.540. The van der Waals surface area contributed by atoms with E-state index in [1.165, 1.54) is 7.11 Å². The van der Waals surface area contributed by atoms with Crippen LogP contribution in [0.4, 0.5) is 0 Å². The molecular formula is C13H19N3O5S. The monoisotopic (exact) mass is 329 g/mol. The summed E-state index contributed by atoms with van der Waals surface area (Å²) in [6.07, 6.45) is 3.59. The number of esters is 1. The molecule has 2 heterocycles. The topological polar surface area (TPSA) is 112 Å². The van der Waals surface area contributed by atoms with Crippen LogP contribution in [-0.2, 0) is 30.4 Å². The third-order valence-electron chi connectivity index (χ3n) is 3.47. The lowest BCUT2D eigenvalue weighted by Gasteiger charge is -2.31. The van der Waals surface area contributed by atoms with Crippen molar-refractivity contribution in [3.63, 3.8) is 0 Å². The van der Waals surface area contributed by atoms with Crippen LogP contribution in [0.3, 0.4) is 0 Å². The second-order valence-electron chi connectivity index (χ2n) is 5.28. The van der Waals surface area contributed by atoms with E-state index in [4.69, 9.17) is 14.7 Å². The second kappa shape index (κ2) is 6.29. The van der Waals surface area contributed by atoms with Gasteiger partial charge in [0.05, 0.1) is 19.5 Å². The first-order chi connectivity index (χ1) is 10.2. The second-order valence-corrected chi connectivity index (χ2v) is 6.88. The van der Waals surface area contributed by atoms with Crippen LogP contribution in [0.2, 0.25) is 0 Å². The van der Waals surface area contributed by atoms with Gasteiger partial charge in [0.15, 0.2) is 5.66 Å². The van der Waals surface area contributed by atoms with E-state index in [1.807, 2.05) is 6.07 Å². The number of carbonyl (C=O) groups excluding carboxylic acids is 1. The average Bonchev–Trinajstić information content (AvgIpc) is 2.74. The quantitative estimate of drug-likeness (QED) is 0.566. The number of nitrogens with zero attached hydrogens (tertiary/aromatic N) is 2. The number of methoxy groups -OCH3 is 1. The number of carbonyl (C=O) groups is 1. The number of hydrogen-bond donors (Lipinski definition) is 1. The van der Waals surface area contributed by atoms with Gasteiger partial charge in [-0.2, -0.15) is 8.42 Å². The molecule has 0 spiro atoms. The molecule has 0 unspecified atom stereocenters. The van der Waals surface area contributed by atoms with Crippen molar-refractivity contribution in [3.05, 3.63) is 30.1 Å². The fraction of sp³-hybridized carbons (Fsp3) is 0.538. The molecule has 9 heteroatoms. The Balaban J connectivity index is 2.22. The lowest BCUT2D eigenvalue weighted by molar-refractivity contribution is -0.153. The summed E-state index contributed by atoms with van der Waals surface area (Å²) in [4.78, 5) is 17.7. The molecule has 2 N–H and O–H groups in total. The van der Waals surface area contributed by atoms with Crippen molar-refractivity contribution in [2.45, 2.75) is 24.7 Å². The van der Waals surface area contributed by atoms with Crippen LogP contribution < -0.4 is 5.73 Å². The Morgan fingerprint density at radius 1 is 1.59 bits per heavy atom. The molecule has 1 aliphatic heterocycles. The van der Waals surface area contributed by atoms with Crippen LogP contribution in [-0.4, -0.2) is 55.9 Å². The van der Waals surface area contributed by atoms with Crippen LogP contribution in [0, 0.1) is 0 Å². The van der Waals surface area contributed by atoms with Gasteiger partial charge >= 0.3 is 5.97 Å². The lowest BCUT2D eigenvalue weighted by Crippen LogP contribution is -2.58. The maximum Gasteiger partial charge on any atom is 0.341 e. The van der Waals surface area contributed by atoms with Gasteiger partial charge < -0.3 is 10.5 Å². The van der Waals surface area contributed by atoms with Gasteiger partial charge in [-0.1, -0.05) is 6.07 Å². The molecule has 1 aromatic heterocycles. The number of hydrogen-bond acceptors (Lipinski definition) is 8. The minimum atomic E-state index is -3.63. The summed E-state index contributed by atoms with van der Waals surface area (Å²) in [5.74, 6) is -0.629. The smallest absolute Gasteiger partial charge is 0.341 e. The zero-order chi connectivity index (χ0) is 16.4. The standard InChI is InChI=1S/C13H19N3O5S/c1-20-12(17)13(14)6-11(21-22(2,18)19)9-16(13)8-10-4-3-5-15-7-10/h3-5,7,11H,6,8-9,14H2,1-2H3/t11-,13+/m1/s1. The molecule has 22 heavy (non-hydrogen) atoms. The Labute approximate surface area is 129 Å². The maximum atomic E-state index is 12.0. The largest absolute Gasteiger partial charge is 0.467 e. The van der Waals surface area contributed by atoms with Gasteiger partial charge in [-0.15, -0.1) is 0 Å². The molecule has 0 bridgehead atoms. The third-order valence-corrected chi connectivity index (χ3v) is 4.09. The Hall–Kier alpha value is -1.55. The van der Waals surface area contributed by atoms with Crippen molar-refractivity contribution < 1.29 is 22.1 Å². The molecule has 8 nitrogen and oxygen atoms in total. The molecule has 0 amide bonds. The van der Waals surface area contributed by atoms with Gasteiger partial charge in [0.1, 0.15) is 0 Å². The highest BCUT2D eigenvalue weighted by Gasteiger charge is 2.50. The summed E-state index contributed by atoms with van der Waals surface area (Å²) in [5, 5.41) is 0. The molecule has 1 aliphatic rings. The van der Waals surface area contributed by atoms with Gasteiger partial charge in [-0.05, 0) is 11.6 Å². The first-order valence-corrected chi connectivity index (χ1v) is 8.46. The van der Waals surface area contributed by atoms with Gasteiger partial charge in [0.25, 0.3) is 10.1 Å². The van der Waals surface area contributed by atoms with Crippen molar-refractivity contribution >= 4 is 16.1 Å². The van der Waals surface area contributed by atoms with Gasteiger partial charge in [0.2, 0.25) is 0 Å². The van der Waals surface area contributed by atoms with E-state index >= 15 is 0 Å². The molecule has 1 aromatic rings. The molecular weight excluding hydrogens is 310 g/mol. The van der Waals surface area contributed by atoms with E-state index in [1.54, 1.807) is 23.4 Å². The average molecular weight is 329 g/mol. The van der Waals surface area contributed by atoms with Crippen LogP contribution >= 0.6 is 0 Å². The van der Waals surface area contributed by atoms with Crippen molar-refractivity contribution in [1.82, 2.24) is 9.88 Å². The van der Waals surface area contributed by atoms with Gasteiger partial charge in [-0.3, -0.25) is 14.1 Å². The summed E-state index contributed by atoms with van der Waals surface area (Å²) < 4.78 is 32.3. The summed E-state index contributed by atoms with van der Waals surface area (Å²) in [7, 11) is -2.39. The van der Waals surface area contributed by atoms with Crippen LogP contribution in [0.5, 0.6) is 0 Å². The molecule has 2 atom stereocenters. The van der Waals surface area contributed by atoms with Crippen LogP contribution in [0.15, 0.2) is 24.5 Å². The molecule has 122 valence electrons. The van der Waals surface area contributed by atoms with E-state index in [9.17, 15) is 13.2 Å². The highest BCUT2D eigenvalue weighted by molar-refractivity contribution is 7.86. The number of nitrogens with two attached hydrogens (primary N) is 1. The number of rotatable bonds is 5. The molecule has 0 aliphatic carbocycles. The van der Waals surface area contributed by atoms with Gasteiger partial charge in [0, 0.05) is 31.9 Å². The number of aromatic nitrogens is 1. The lowest BCUT2D eigenvalue weighted by atomic mass is 10.1. The molecule has 1 fully saturated rings. The molecule has 0 aromatic carbocycles. The molecule has 2 rings (SSSR count). The van der Waals surface area contributed by atoms with Crippen molar-refractivity contribution in [2.75, 3.05) is 19.9 Å². The fourth-order valence-corrected chi connectivity index (χ4v) is 3.19. The minimum absolute atomic E-state index is 0.0347. The number of pyridine rings is 1. The normalized spacial score (nSPS) is 26.0. The van der Waals surface area contributed by atoms with Crippen LogP contribution in [0.1, 0.15) is 12.0 Å². The van der Waals surface area contributed by atoms with E-state index in [-0.39, 0.29) is 13.0 Å². The summed E-state index contributed by atoms with van der Waals surface area (Å²) in [5.41, 5.74) is 5.59.